The first-order valence-corrected chi connectivity index (χ1v) is 10.5. The SMILES string of the molecule is NS(=O)(=O)c1ccc(-c2c(Br)sc(Br)c2-c2ccccc2)cc1. The molecule has 0 fully saturated rings. The molecule has 2 N–H and O–H groups in total. The summed E-state index contributed by atoms with van der Waals surface area (Å²) in [6.07, 6.45) is 0. The summed E-state index contributed by atoms with van der Waals surface area (Å²) in [5.41, 5.74) is 4.11. The molecule has 0 aliphatic rings. The van der Waals surface area contributed by atoms with E-state index in [1.54, 1.807) is 23.5 Å². The van der Waals surface area contributed by atoms with Gasteiger partial charge in [0.15, 0.2) is 0 Å². The lowest BCUT2D eigenvalue weighted by atomic mass is 9.99. The van der Waals surface area contributed by atoms with Crippen LogP contribution in [0, 0.1) is 0 Å². The van der Waals surface area contributed by atoms with Gasteiger partial charge in [-0.3, -0.25) is 0 Å². The van der Waals surface area contributed by atoms with Crippen molar-refractivity contribution in [3.05, 3.63) is 62.2 Å². The van der Waals surface area contributed by atoms with Crippen molar-refractivity contribution in [2.75, 3.05) is 0 Å². The number of rotatable bonds is 3. The number of primary sulfonamides is 1. The molecule has 0 saturated heterocycles. The van der Waals surface area contributed by atoms with E-state index in [2.05, 4.69) is 31.9 Å². The van der Waals surface area contributed by atoms with E-state index in [0.29, 0.717) is 0 Å². The fourth-order valence-corrected chi connectivity index (χ4v) is 6.10. The Hall–Kier alpha value is -0.990. The minimum atomic E-state index is -3.69. The molecule has 3 aromatic rings. The van der Waals surface area contributed by atoms with Crippen LogP contribution in [0.3, 0.4) is 0 Å². The molecule has 0 atom stereocenters. The highest BCUT2D eigenvalue weighted by Gasteiger charge is 2.19. The molecule has 3 rings (SSSR count). The van der Waals surface area contributed by atoms with Crippen LogP contribution in [0.25, 0.3) is 22.3 Å². The quantitative estimate of drug-likeness (QED) is 0.565. The molecule has 0 spiro atoms. The molecule has 7 heteroatoms. The molecule has 1 aromatic heterocycles. The fraction of sp³-hybridized carbons (Fsp3) is 0. The molecule has 0 unspecified atom stereocenters. The molecule has 0 amide bonds. The Kier molecular flexibility index (Phi) is 4.75. The van der Waals surface area contributed by atoms with Crippen molar-refractivity contribution in [1.82, 2.24) is 0 Å². The van der Waals surface area contributed by atoms with Crippen LogP contribution in [0.2, 0.25) is 0 Å². The fourth-order valence-electron chi connectivity index (χ4n) is 2.31. The zero-order valence-electron chi connectivity index (χ0n) is 11.7. The summed E-state index contributed by atoms with van der Waals surface area (Å²) in [7, 11) is -3.69. The highest BCUT2D eigenvalue weighted by atomic mass is 79.9. The van der Waals surface area contributed by atoms with Gasteiger partial charge >= 0.3 is 0 Å². The van der Waals surface area contributed by atoms with Crippen molar-refractivity contribution in [1.29, 1.82) is 0 Å². The highest BCUT2D eigenvalue weighted by Crippen LogP contribution is 2.48. The van der Waals surface area contributed by atoms with Crippen molar-refractivity contribution in [3.8, 4) is 22.3 Å². The molecule has 0 radical (unpaired) electrons. The van der Waals surface area contributed by atoms with Crippen LogP contribution >= 0.6 is 43.2 Å². The van der Waals surface area contributed by atoms with Crippen molar-refractivity contribution < 1.29 is 8.42 Å². The number of sulfonamides is 1. The zero-order chi connectivity index (χ0) is 16.6. The summed E-state index contributed by atoms with van der Waals surface area (Å²) < 4.78 is 24.8. The maximum atomic E-state index is 11.4. The molecule has 118 valence electrons. The Morgan fingerprint density at radius 3 is 1.74 bits per heavy atom. The molecule has 0 aliphatic heterocycles. The third kappa shape index (κ3) is 3.44. The standard InChI is InChI=1S/C16H11Br2NO2S2/c17-15-13(10-4-2-1-3-5-10)14(16(18)22-15)11-6-8-12(9-7-11)23(19,20)21/h1-9H,(H2,19,20,21). The molecule has 2 aromatic carbocycles. The summed E-state index contributed by atoms with van der Waals surface area (Å²) >= 11 is 8.81. The van der Waals surface area contributed by atoms with E-state index in [1.807, 2.05) is 30.3 Å². The van der Waals surface area contributed by atoms with Gasteiger partial charge in [0.05, 0.1) is 12.5 Å². The number of hydrogen-bond acceptors (Lipinski definition) is 3. The third-order valence-electron chi connectivity index (χ3n) is 3.36. The number of nitrogens with two attached hydrogens (primary N) is 1. The van der Waals surface area contributed by atoms with Crippen LogP contribution in [0.1, 0.15) is 0 Å². The maximum Gasteiger partial charge on any atom is 0.238 e. The Labute approximate surface area is 155 Å². The molecule has 1 heterocycles. The van der Waals surface area contributed by atoms with Crippen LogP contribution in [-0.2, 0) is 10.0 Å². The second-order valence-electron chi connectivity index (χ2n) is 4.83. The molecule has 0 saturated carbocycles. The maximum absolute atomic E-state index is 11.4. The van der Waals surface area contributed by atoms with Crippen LogP contribution in [0.4, 0.5) is 0 Å². The summed E-state index contributed by atoms with van der Waals surface area (Å²) in [5.74, 6) is 0. The lowest BCUT2D eigenvalue weighted by Gasteiger charge is -2.08. The van der Waals surface area contributed by atoms with Crippen molar-refractivity contribution in [3.63, 3.8) is 0 Å². The molecular weight excluding hydrogens is 462 g/mol. The van der Waals surface area contributed by atoms with Gasteiger partial charge in [0.25, 0.3) is 0 Å². The van der Waals surface area contributed by atoms with Crippen LogP contribution < -0.4 is 5.14 Å². The average Bonchev–Trinajstić information content (AvgIpc) is 2.82. The van der Waals surface area contributed by atoms with Gasteiger partial charge in [-0.05, 0) is 55.1 Å². The van der Waals surface area contributed by atoms with E-state index < -0.39 is 10.0 Å². The van der Waals surface area contributed by atoms with Crippen molar-refractivity contribution in [2.24, 2.45) is 5.14 Å². The Morgan fingerprint density at radius 2 is 1.26 bits per heavy atom. The van der Waals surface area contributed by atoms with Gasteiger partial charge in [-0.1, -0.05) is 42.5 Å². The summed E-state index contributed by atoms with van der Waals surface area (Å²) in [4.78, 5) is 0.105. The number of thiophene rings is 1. The number of benzene rings is 2. The average molecular weight is 473 g/mol. The summed E-state index contributed by atoms with van der Waals surface area (Å²) in [6.45, 7) is 0. The molecule has 3 nitrogen and oxygen atoms in total. The first kappa shape index (κ1) is 16.9. The summed E-state index contributed by atoms with van der Waals surface area (Å²) in [5, 5.41) is 5.16. The smallest absolute Gasteiger partial charge is 0.225 e. The number of halogens is 2. The van der Waals surface area contributed by atoms with Gasteiger partial charge in [-0.25, -0.2) is 13.6 Å². The number of hydrogen-bond donors (Lipinski definition) is 1. The lowest BCUT2D eigenvalue weighted by molar-refractivity contribution is 0.598. The lowest BCUT2D eigenvalue weighted by Crippen LogP contribution is -2.11. The molecular formula is C16H11Br2NO2S2. The van der Waals surface area contributed by atoms with E-state index in [1.165, 1.54) is 12.1 Å². The van der Waals surface area contributed by atoms with Gasteiger partial charge in [0, 0.05) is 11.1 Å². The van der Waals surface area contributed by atoms with E-state index in [4.69, 9.17) is 5.14 Å². The first-order valence-electron chi connectivity index (χ1n) is 6.54. The minimum absolute atomic E-state index is 0.105. The van der Waals surface area contributed by atoms with E-state index in [9.17, 15) is 8.42 Å². The molecule has 0 bridgehead atoms. The predicted octanol–water partition coefficient (Wildman–Crippen LogP) is 5.25. The highest BCUT2D eigenvalue weighted by molar-refractivity contribution is 9.12. The van der Waals surface area contributed by atoms with Crippen molar-refractivity contribution >= 4 is 53.2 Å². The van der Waals surface area contributed by atoms with Gasteiger partial charge in [-0.2, -0.15) is 0 Å². The zero-order valence-corrected chi connectivity index (χ0v) is 16.5. The van der Waals surface area contributed by atoms with E-state index >= 15 is 0 Å². The predicted molar refractivity (Wildman–Crippen MR) is 102 cm³/mol. The van der Waals surface area contributed by atoms with Gasteiger partial charge in [0.2, 0.25) is 10.0 Å². The van der Waals surface area contributed by atoms with Gasteiger partial charge in [-0.15, -0.1) is 11.3 Å². The topological polar surface area (TPSA) is 60.2 Å². The minimum Gasteiger partial charge on any atom is -0.225 e. The largest absolute Gasteiger partial charge is 0.238 e. The van der Waals surface area contributed by atoms with Crippen LogP contribution in [0.5, 0.6) is 0 Å². The van der Waals surface area contributed by atoms with Gasteiger partial charge < -0.3 is 0 Å². The Bertz CT molecular complexity index is 950. The molecule has 0 aliphatic carbocycles. The van der Waals surface area contributed by atoms with E-state index in [-0.39, 0.29) is 4.90 Å². The first-order chi connectivity index (χ1) is 10.9. The second kappa shape index (κ2) is 6.49. The molecule has 23 heavy (non-hydrogen) atoms. The third-order valence-corrected chi connectivity index (χ3v) is 6.82. The van der Waals surface area contributed by atoms with Crippen LogP contribution in [-0.4, -0.2) is 8.42 Å². The monoisotopic (exact) mass is 471 g/mol. The second-order valence-corrected chi connectivity index (χ2v) is 10.1. The van der Waals surface area contributed by atoms with Crippen molar-refractivity contribution in [2.45, 2.75) is 4.90 Å². The Balaban J connectivity index is 2.18. The summed E-state index contributed by atoms with van der Waals surface area (Å²) in [6, 6.07) is 16.6. The van der Waals surface area contributed by atoms with Crippen LogP contribution in [0.15, 0.2) is 67.1 Å². The van der Waals surface area contributed by atoms with Gasteiger partial charge in [0.1, 0.15) is 0 Å². The van der Waals surface area contributed by atoms with E-state index in [0.717, 1.165) is 29.8 Å². The Morgan fingerprint density at radius 1 is 0.783 bits per heavy atom. The normalized spacial score (nSPS) is 11.6.